The van der Waals surface area contributed by atoms with Gasteiger partial charge in [-0.1, -0.05) is 6.08 Å². The molecule has 2 aliphatic rings. The highest BCUT2D eigenvalue weighted by Gasteiger charge is 2.29. The SMILES string of the molecule is O=C1OC(=O)C2=C1C=C=CC=C2. The van der Waals surface area contributed by atoms with Crippen molar-refractivity contribution in [2.75, 3.05) is 0 Å². The van der Waals surface area contributed by atoms with Gasteiger partial charge >= 0.3 is 11.9 Å². The van der Waals surface area contributed by atoms with Gasteiger partial charge in [-0.15, -0.1) is 5.73 Å². The second-order valence-corrected chi connectivity index (χ2v) is 2.34. The van der Waals surface area contributed by atoms with Crippen molar-refractivity contribution in [1.29, 1.82) is 0 Å². The molecule has 0 bridgehead atoms. The van der Waals surface area contributed by atoms with Gasteiger partial charge in [-0.05, 0) is 18.2 Å². The Bertz CT molecular complexity index is 386. The van der Waals surface area contributed by atoms with E-state index in [-0.39, 0.29) is 5.57 Å². The average molecular weight is 160 g/mol. The molecular formula is C9H4O3. The molecule has 1 heterocycles. The first kappa shape index (κ1) is 6.83. The number of rotatable bonds is 0. The summed E-state index contributed by atoms with van der Waals surface area (Å²) in [5, 5.41) is 0. The van der Waals surface area contributed by atoms with Gasteiger partial charge in [0.05, 0.1) is 11.1 Å². The number of hydrogen-bond donors (Lipinski definition) is 0. The summed E-state index contributed by atoms with van der Waals surface area (Å²) in [5.74, 6) is -1.18. The highest BCUT2D eigenvalue weighted by molar-refractivity contribution is 6.15. The van der Waals surface area contributed by atoms with Crippen LogP contribution in [0.3, 0.4) is 0 Å². The predicted octanol–water partition coefficient (Wildman–Crippen LogP) is 0.647. The van der Waals surface area contributed by atoms with Crippen LogP contribution in [-0.4, -0.2) is 11.9 Å². The van der Waals surface area contributed by atoms with Gasteiger partial charge in [0.15, 0.2) is 0 Å². The van der Waals surface area contributed by atoms with Crippen molar-refractivity contribution < 1.29 is 14.3 Å². The molecule has 0 unspecified atom stereocenters. The molecule has 0 spiro atoms. The zero-order valence-electron chi connectivity index (χ0n) is 6.03. The molecule has 3 heteroatoms. The number of carbonyl (C=O) groups is 2. The molecule has 0 amide bonds. The van der Waals surface area contributed by atoms with Gasteiger partial charge in [-0.25, -0.2) is 9.59 Å². The zero-order chi connectivity index (χ0) is 8.55. The molecule has 1 aliphatic heterocycles. The standard InChI is InChI=1S/C9H4O3/c10-8-6-4-2-1-3-5-7(6)9(11)12-8/h1-2,4-5H. The van der Waals surface area contributed by atoms with E-state index in [4.69, 9.17) is 0 Å². The minimum Gasteiger partial charge on any atom is -0.386 e. The Morgan fingerprint density at radius 2 is 1.92 bits per heavy atom. The van der Waals surface area contributed by atoms with Crippen LogP contribution in [-0.2, 0) is 14.3 Å². The maximum absolute atomic E-state index is 11.0. The topological polar surface area (TPSA) is 43.4 Å². The zero-order valence-corrected chi connectivity index (χ0v) is 6.03. The fraction of sp³-hybridized carbons (Fsp3) is 0. The van der Waals surface area contributed by atoms with E-state index in [2.05, 4.69) is 10.5 Å². The minimum absolute atomic E-state index is 0.282. The van der Waals surface area contributed by atoms with E-state index in [1.807, 2.05) is 0 Å². The van der Waals surface area contributed by atoms with E-state index in [0.717, 1.165) is 0 Å². The first-order valence-electron chi connectivity index (χ1n) is 3.39. The number of cyclic esters (lactones) is 2. The van der Waals surface area contributed by atoms with E-state index in [1.54, 1.807) is 18.2 Å². The minimum atomic E-state index is -0.595. The van der Waals surface area contributed by atoms with Crippen molar-refractivity contribution in [3.05, 3.63) is 41.2 Å². The van der Waals surface area contributed by atoms with Crippen LogP contribution in [0, 0.1) is 0 Å². The van der Waals surface area contributed by atoms with Gasteiger partial charge in [0, 0.05) is 0 Å². The van der Waals surface area contributed by atoms with Crippen molar-refractivity contribution in [3.8, 4) is 0 Å². The summed E-state index contributed by atoms with van der Waals surface area (Å²) in [6, 6.07) is 0. The van der Waals surface area contributed by atoms with E-state index < -0.39 is 11.9 Å². The lowest BCUT2D eigenvalue weighted by Gasteiger charge is -1.86. The van der Waals surface area contributed by atoms with E-state index in [9.17, 15) is 9.59 Å². The van der Waals surface area contributed by atoms with Gasteiger partial charge < -0.3 is 4.74 Å². The first-order valence-corrected chi connectivity index (χ1v) is 3.39. The fourth-order valence-corrected chi connectivity index (χ4v) is 1.04. The van der Waals surface area contributed by atoms with Crippen molar-refractivity contribution in [2.24, 2.45) is 0 Å². The van der Waals surface area contributed by atoms with Crippen LogP contribution in [0.15, 0.2) is 41.2 Å². The summed E-state index contributed by atoms with van der Waals surface area (Å²) in [4.78, 5) is 21.9. The van der Waals surface area contributed by atoms with E-state index >= 15 is 0 Å². The Morgan fingerprint density at radius 1 is 1.17 bits per heavy atom. The van der Waals surface area contributed by atoms with Gasteiger partial charge in [0.2, 0.25) is 0 Å². The average Bonchev–Trinajstić information content (AvgIpc) is 2.29. The lowest BCUT2D eigenvalue weighted by Crippen LogP contribution is -2.01. The lowest BCUT2D eigenvalue weighted by molar-refractivity contribution is -0.150. The van der Waals surface area contributed by atoms with Crippen LogP contribution < -0.4 is 0 Å². The Labute approximate surface area is 68.3 Å². The summed E-state index contributed by atoms with van der Waals surface area (Å²) < 4.78 is 4.38. The molecule has 0 aromatic heterocycles. The number of esters is 2. The summed E-state index contributed by atoms with van der Waals surface area (Å²) in [6.45, 7) is 0. The molecule has 0 radical (unpaired) electrons. The molecule has 0 atom stereocenters. The Balaban J connectivity index is 2.62. The molecule has 3 nitrogen and oxygen atoms in total. The Hall–Kier alpha value is -1.86. The molecule has 1 aliphatic carbocycles. The molecule has 58 valence electrons. The maximum atomic E-state index is 11.0. The normalized spacial score (nSPS) is 19.7. The van der Waals surface area contributed by atoms with Crippen molar-refractivity contribution in [3.63, 3.8) is 0 Å². The van der Waals surface area contributed by atoms with Crippen LogP contribution in [0.5, 0.6) is 0 Å². The molecule has 0 saturated carbocycles. The molecule has 0 saturated heterocycles. The predicted molar refractivity (Wildman–Crippen MR) is 39.9 cm³/mol. The van der Waals surface area contributed by atoms with E-state index in [1.165, 1.54) is 6.08 Å². The van der Waals surface area contributed by atoms with Gasteiger partial charge in [0.1, 0.15) is 0 Å². The molecule has 0 N–H and O–H groups in total. The second kappa shape index (κ2) is 2.32. The van der Waals surface area contributed by atoms with Crippen LogP contribution in [0.4, 0.5) is 0 Å². The third-order valence-electron chi connectivity index (χ3n) is 1.60. The highest BCUT2D eigenvalue weighted by Crippen LogP contribution is 2.20. The smallest absolute Gasteiger partial charge is 0.347 e. The largest absolute Gasteiger partial charge is 0.386 e. The molecule has 0 fully saturated rings. The number of ether oxygens (including phenoxy) is 1. The van der Waals surface area contributed by atoms with E-state index in [0.29, 0.717) is 5.57 Å². The summed E-state index contributed by atoms with van der Waals surface area (Å²) in [5.41, 5.74) is 3.31. The van der Waals surface area contributed by atoms with Gasteiger partial charge in [0.25, 0.3) is 0 Å². The maximum Gasteiger partial charge on any atom is 0.347 e. The van der Waals surface area contributed by atoms with Crippen LogP contribution >= 0.6 is 0 Å². The second-order valence-electron chi connectivity index (χ2n) is 2.34. The molecular weight excluding hydrogens is 156 g/mol. The third-order valence-corrected chi connectivity index (χ3v) is 1.60. The third kappa shape index (κ3) is 0.847. The molecule has 12 heavy (non-hydrogen) atoms. The van der Waals surface area contributed by atoms with Crippen LogP contribution in [0.1, 0.15) is 0 Å². The van der Waals surface area contributed by atoms with Gasteiger partial charge in [-0.2, -0.15) is 0 Å². The Kier molecular flexibility index (Phi) is 1.32. The van der Waals surface area contributed by atoms with Crippen LogP contribution in [0.25, 0.3) is 0 Å². The summed E-state index contributed by atoms with van der Waals surface area (Å²) >= 11 is 0. The quantitative estimate of drug-likeness (QED) is 0.297. The number of allylic oxidation sites excluding steroid dienone is 1. The molecule has 0 aromatic carbocycles. The molecule has 0 aromatic rings. The summed E-state index contributed by atoms with van der Waals surface area (Å²) in [6.07, 6.45) is 6.25. The van der Waals surface area contributed by atoms with Crippen molar-refractivity contribution >= 4 is 11.9 Å². The number of carbonyl (C=O) groups excluding carboxylic acids is 2. The number of hydrogen-bond acceptors (Lipinski definition) is 3. The van der Waals surface area contributed by atoms with Crippen LogP contribution in [0.2, 0.25) is 0 Å². The first-order chi connectivity index (χ1) is 5.79. The molecule has 2 rings (SSSR count). The summed E-state index contributed by atoms with van der Waals surface area (Å²) in [7, 11) is 0. The van der Waals surface area contributed by atoms with Crippen molar-refractivity contribution in [1.82, 2.24) is 0 Å². The van der Waals surface area contributed by atoms with Gasteiger partial charge in [-0.3, -0.25) is 0 Å². The Morgan fingerprint density at radius 3 is 2.75 bits per heavy atom. The lowest BCUT2D eigenvalue weighted by atomic mass is 10.1. The highest BCUT2D eigenvalue weighted by atomic mass is 16.6. The monoisotopic (exact) mass is 160 g/mol. The van der Waals surface area contributed by atoms with Crippen molar-refractivity contribution in [2.45, 2.75) is 0 Å². The fourth-order valence-electron chi connectivity index (χ4n) is 1.04.